The van der Waals surface area contributed by atoms with Gasteiger partial charge in [0.2, 0.25) is 0 Å². The Morgan fingerprint density at radius 1 is 1.42 bits per heavy atom. The predicted octanol–water partition coefficient (Wildman–Crippen LogP) is 0.882. The maximum absolute atomic E-state index is 11.0. The molecule has 1 aliphatic heterocycles. The maximum Gasteiger partial charge on any atom is 0.334 e. The molecule has 1 aromatic rings. The van der Waals surface area contributed by atoms with Gasteiger partial charge in [-0.2, -0.15) is 5.11 Å². The van der Waals surface area contributed by atoms with E-state index in [0.29, 0.717) is 5.76 Å². The molecule has 5 heteroatoms. The number of hydrogen-bond acceptors (Lipinski definition) is 4. The van der Waals surface area contributed by atoms with Crippen LogP contribution in [0.5, 0.6) is 0 Å². The van der Waals surface area contributed by atoms with Gasteiger partial charge < -0.3 is 4.42 Å². The van der Waals surface area contributed by atoms with Crippen LogP contribution >= 0.6 is 0 Å². The molecule has 0 spiro atoms. The van der Waals surface area contributed by atoms with Gasteiger partial charge in [0.05, 0.1) is 6.26 Å². The molecule has 0 fully saturated rings. The molecule has 1 atom stereocenters. The zero-order valence-corrected chi connectivity index (χ0v) is 5.93. The number of carbonyl (C=O) groups is 2. The molecule has 0 bridgehead atoms. The number of furan rings is 1. The smallest absolute Gasteiger partial charge is 0.334 e. The summed E-state index contributed by atoms with van der Waals surface area (Å²) in [5.41, 5.74) is 0. The Morgan fingerprint density at radius 3 is 2.75 bits per heavy atom. The van der Waals surface area contributed by atoms with Crippen LogP contribution in [0.1, 0.15) is 11.8 Å². The average Bonchev–Trinajstić information content (AvgIpc) is 2.64. The van der Waals surface area contributed by atoms with Gasteiger partial charge in [0.15, 0.2) is 6.04 Å². The summed E-state index contributed by atoms with van der Waals surface area (Å²) < 4.78 is 4.91. The van der Waals surface area contributed by atoms with Crippen LogP contribution in [-0.2, 0) is 9.59 Å². The molecule has 1 aromatic heterocycles. The van der Waals surface area contributed by atoms with Gasteiger partial charge in [-0.1, -0.05) is 0 Å². The first kappa shape index (κ1) is 6.90. The Morgan fingerprint density at radius 2 is 2.25 bits per heavy atom. The fraction of sp³-hybridized carbons (Fsp3) is 0.143. The molecule has 1 aliphatic rings. The first-order valence-electron chi connectivity index (χ1n) is 3.31. The zero-order valence-electron chi connectivity index (χ0n) is 5.93. The van der Waals surface area contributed by atoms with Crippen LogP contribution in [0.2, 0.25) is 0 Å². The second-order valence-electron chi connectivity index (χ2n) is 2.30. The normalized spacial score (nSPS) is 22.2. The summed E-state index contributed by atoms with van der Waals surface area (Å²) in [4.78, 5) is 21.6. The molecule has 2 heterocycles. The van der Waals surface area contributed by atoms with Crippen molar-refractivity contribution in [1.82, 2.24) is 0 Å². The van der Waals surface area contributed by atoms with Crippen molar-refractivity contribution in [1.29, 1.82) is 0 Å². The Labute approximate surface area is 67.1 Å². The van der Waals surface area contributed by atoms with E-state index in [4.69, 9.17) is 4.42 Å². The van der Waals surface area contributed by atoms with E-state index in [9.17, 15) is 9.59 Å². The third kappa shape index (κ3) is 0.868. The standard InChI is InChI=1S/C7H4N2O3/c10-6-5(8-9-7(6)11)4-2-1-3-12-4/h1-3,5H. The van der Waals surface area contributed by atoms with Gasteiger partial charge in [-0.15, -0.1) is 5.11 Å². The number of Topliss-reactive ketones (excluding diaryl/α,β-unsaturated/α-hetero) is 1. The van der Waals surface area contributed by atoms with Crippen molar-refractivity contribution in [2.75, 3.05) is 0 Å². The van der Waals surface area contributed by atoms with E-state index in [-0.39, 0.29) is 0 Å². The first-order chi connectivity index (χ1) is 5.79. The summed E-state index contributed by atoms with van der Waals surface area (Å²) in [7, 11) is 0. The molecule has 5 nitrogen and oxygen atoms in total. The van der Waals surface area contributed by atoms with Crippen molar-refractivity contribution in [2.45, 2.75) is 6.04 Å². The summed E-state index contributed by atoms with van der Waals surface area (Å²) in [6.45, 7) is 0. The van der Waals surface area contributed by atoms with Gasteiger partial charge in [-0.05, 0) is 12.1 Å². The van der Waals surface area contributed by atoms with Crippen LogP contribution in [-0.4, -0.2) is 11.7 Å². The third-order valence-electron chi connectivity index (χ3n) is 1.54. The quantitative estimate of drug-likeness (QED) is 0.578. The van der Waals surface area contributed by atoms with Crippen LogP contribution in [0.4, 0.5) is 0 Å². The van der Waals surface area contributed by atoms with E-state index in [1.807, 2.05) is 0 Å². The third-order valence-corrected chi connectivity index (χ3v) is 1.54. The van der Waals surface area contributed by atoms with Gasteiger partial charge in [-0.25, -0.2) is 0 Å². The zero-order chi connectivity index (χ0) is 8.55. The van der Waals surface area contributed by atoms with Crippen molar-refractivity contribution < 1.29 is 14.0 Å². The first-order valence-corrected chi connectivity index (χ1v) is 3.31. The number of rotatable bonds is 1. The molecule has 60 valence electrons. The Kier molecular flexibility index (Phi) is 1.36. The highest BCUT2D eigenvalue weighted by molar-refractivity contribution is 6.39. The van der Waals surface area contributed by atoms with Crippen LogP contribution in [0.3, 0.4) is 0 Å². The number of hydrogen-bond donors (Lipinski definition) is 0. The van der Waals surface area contributed by atoms with Crippen LogP contribution in [0, 0.1) is 0 Å². The van der Waals surface area contributed by atoms with Crippen LogP contribution < -0.4 is 0 Å². The topological polar surface area (TPSA) is 72.0 Å². The lowest BCUT2D eigenvalue weighted by Crippen LogP contribution is -2.11. The fourth-order valence-electron chi connectivity index (χ4n) is 0.962. The molecule has 12 heavy (non-hydrogen) atoms. The van der Waals surface area contributed by atoms with E-state index in [1.165, 1.54) is 6.26 Å². The number of carbonyl (C=O) groups excluding carboxylic acids is 2. The SMILES string of the molecule is O=C1N=NC(c2ccco2)C1=O. The number of nitrogens with zero attached hydrogens (tertiary/aromatic N) is 2. The van der Waals surface area contributed by atoms with Crippen molar-refractivity contribution in [3.8, 4) is 0 Å². The molecule has 0 saturated carbocycles. The lowest BCUT2D eigenvalue weighted by molar-refractivity contribution is -0.135. The van der Waals surface area contributed by atoms with Gasteiger partial charge >= 0.3 is 5.91 Å². The van der Waals surface area contributed by atoms with E-state index >= 15 is 0 Å². The summed E-state index contributed by atoms with van der Waals surface area (Å²) in [5.74, 6) is -1.09. The van der Waals surface area contributed by atoms with Gasteiger partial charge in [0.1, 0.15) is 5.76 Å². The monoisotopic (exact) mass is 164 g/mol. The van der Waals surface area contributed by atoms with E-state index in [1.54, 1.807) is 12.1 Å². The van der Waals surface area contributed by atoms with Gasteiger partial charge in [-0.3, -0.25) is 9.59 Å². The van der Waals surface area contributed by atoms with Crippen LogP contribution in [0.15, 0.2) is 33.0 Å². The highest BCUT2D eigenvalue weighted by Gasteiger charge is 2.34. The Bertz CT molecular complexity index is 353. The van der Waals surface area contributed by atoms with Crippen molar-refractivity contribution in [3.63, 3.8) is 0 Å². The van der Waals surface area contributed by atoms with Gasteiger partial charge in [0, 0.05) is 0 Å². The summed E-state index contributed by atoms with van der Waals surface area (Å²) in [6, 6.07) is 2.36. The molecular weight excluding hydrogens is 160 g/mol. The van der Waals surface area contributed by atoms with E-state index in [0.717, 1.165) is 0 Å². The lowest BCUT2D eigenvalue weighted by atomic mass is 10.1. The minimum absolute atomic E-state index is 0.356. The minimum atomic E-state index is -0.854. The molecule has 0 saturated heterocycles. The molecular formula is C7H4N2O3. The number of amides is 1. The van der Waals surface area contributed by atoms with Crippen molar-refractivity contribution in [3.05, 3.63) is 24.2 Å². The maximum atomic E-state index is 11.0. The fourth-order valence-corrected chi connectivity index (χ4v) is 0.962. The summed E-state index contributed by atoms with van der Waals surface area (Å²) in [6.07, 6.45) is 1.42. The molecule has 0 aliphatic carbocycles. The highest BCUT2D eigenvalue weighted by Crippen LogP contribution is 2.23. The predicted molar refractivity (Wildman–Crippen MR) is 36.3 cm³/mol. The van der Waals surface area contributed by atoms with E-state index < -0.39 is 17.7 Å². The number of ketones is 1. The minimum Gasteiger partial charge on any atom is -0.466 e. The van der Waals surface area contributed by atoms with Crippen molar-refractivity contribution >= 4 is 11.7 Å². The molecule has 1 amide bonds. The Balaban J connectivity index is 2.34. The second-order valence-corrected chi connectivity index (χ2v) is 2.30. The molecule has 1 unspecified atom stereocenters. The molecule has 0 radical (unpaired) electrons. The second kappa shape index (κ2) is 2.37. The summed E-state index contributed by atoms with van der Waals surface area (Å²) >= 11 is 0. The van der Waals surface area contributed by atoms with Gasteiger partial charge in [0.25, 0.3) is 5.78 Å². The molecule has 0 N–H and O–H groups in total. The summed E-state index contributed by atoms with van der Waals surface area (Å²) in [5, 5.41) is 6.60. The molecule has 2 rings (SSSR count). The number of azo groups is 1. The molecule has 0 aromatic carbocycles. The van der Waals surface area contributed by atoms with Crippen LogP contribution in [0.25, 0.3) is 0 Å². The Hall–Kier alpha value is -1.78. The highest BCUT2D eigenvalue weighted by atomic mass is 16.3. The lowest BCUT2D eigenvalue weighted by Gasteiger charge is -1.95. The largest absolute Gasteiger partial charge is 0.466 e. The van der Waals surface area contributed by atoms with E-state index in [2.05, 4.69) is 10.2 Å². The average molecular weight is 164 g/mol. The van der Waals surface area contributed by atoms with Crippen molar-refractivity contribution in [2.24, 2.45) is 10.2 Å².